The van der Waals surface area contributed by atoms with Crippen molar-refractivity contribution in [2.75, 3.05) is 13.2 Å². The van der Waals surface area contributed by atoms with Gasteiger partial charge in [0.05, 0.1) is 5.92 Å². The van der Waals surface area contributed by atoms with E-state index in [1.807, 2.05) is 38.1 Å². The molecule has 1 unspecified atom stereocenters. The Balaban J connectivity index is 1.23. The van der Waals surface area contributed by atoms with Crippen LogP contribution >= 0.6 is 0 Å². The third-order valence-electron chi connectivity index (χ3n) is 8.18. The summed E-state index contributed by atoms with van der Waals surface area (Å²) >= 11 is 0. The number of nitrogens with zero attached hydrogens (tertiary/aromatic N) is 1. The number of rotatable bonds is 7. The van der Waals surface area contributed by atoms with Crippen LogP contribution in [0.4, 0.5) is 4.79 Å². The van der Waals surface area contributed by atoms with Crippen molar-refractivity contribution in [2.45, 2.75) is 57.0 Å². The zero-order valence-corrected chi connectivity index (χ0v) is 20.2. The number of fused-ring (bicyclic) bond motifs is 5. The van der Waals surface area contributed by atoms with Gasteiger partial charge in [0.25, 0.3) is 0 Å². The minimum absolute atomic E-state index is 0.0192. The fourth-order valence-corrected chi connectivity index (χ4v) is 6.27. The highest BCUT2D eigenvalue weighted by molar-refractivity contribution is 5.90. The van der Waals surface area contributed by atoms with E-state index in [1.54, 1.807) is 4.90 Å². The van der Waals surface area contributed by atoms with E-state index in [-0.39, 0.29) is 36.9 Å². The molecule has 2 aromatic carbocycles. The van der Waals surface area contributed by atoms with Crippen LogP contribution < -0.4 is 5.32 Å². The lowest BCUT2D eigenvalue weighted by molar-refractivity contribution is -0.157. The van der Waals surface area contributed by atoms with Crippen LogP contribution in [-0.4, -0.2) is 52.7 Å². The van der Waals surface area contributed by atoms with Gasteiger partial charge in [-0.25, -0.2) is 9.59 Å². The smallest absolute Gasteiger partial charge is 0.407 e. The third-order valence-corrected chi connectivity index (χ3v) is 8.18. The highest BCUT2D eigenvalue weighted by Gasteiger charge is 2.59. The van der Waals surface area contributed by atoms with Gasteiger partial charge in [-0.15, -0.1) is 0 Å². The van der Waals surface area contributed by atoms with Gasteiger partial charge in [-0.2, -0.15) is 0 Å². The van der Waals surface area contributed by atoms with E-state index in [0.29, 0.717) is 12.8 Å². The van der Waals surface area contributed by atoms with Crippen molar-refractivity contribution in [3.05, 3.63) is 59.7 Å². The lowest BCUT2D eigenvalue weighted by Gasteiger charge is -2.35. The molecule has 0 aromatic heterocycles. The number of hydrogen-bond acceptors (Lipinski definition) is 4. The molecule has 2 heterocycles. The summed E-state index contributed by atoms with van der Waals surface area (Å²) < 4.78 is 5.62. The number of carbonyl (C=O) groups is 3. The van der Waals surface area contributed by atoms with Gasteiger partial charge in [0.1, 0.15) is 12.1 Å². The predicted octanol–water partition coefficient (Wildman–Crippen LogP) is 4.41. The van der Waals surface area contributed by atoms with Crippen molar-refractivity contribution in [2.24, 2.45) is 11.8 Å². The molecule has 1 atom stereocenters. The molecule has 3 aliphatic rings. The fourth-order valence-electron chi connectivity index (χ4n) is 6.27. The monoisotopic (exact) mass is 476 g/mol. The van der Waals surface area contributed by atoms with E-state index < -0.39 is 23.5 Å². The quantitative estimate of drug-likeness (QED) is 0.617. The molecule has 2 aromatic rings. The Bertz CT molecular complexity index is 1110. The van der Waals surface area contributed by atoms with Crippen molar-refractivity contribution in [3.8, 4) is 11.1 Å². The molecule has 184 valence electrons. The summed E-state index contributed by atoms with van der Waals surface area (Å²) in [6.07, 6.45) is 1.89. The molecule has 2 amide bonds. The normalized spacial score (nSPS) is 23.2. The van der Waals surface area contributed by atoms with Gasteiger partial charge >= 0.3 is 12.1 Å². The Labute approximate surface area is 205 Å². The SMILES string of the molecule is CC(C)C(CNC(=O)OCC1c2ccccc2-c2ccccc21)C(=O)N1C2CCC1(C(=O)O)CC2. The average molecular weight is 477 g/mol. The van der Waals surface area contributed by atoms with Crippen LogP contribution in [0.5, 0.6) is 0 Å². The van der Waals surface area contributed by atoms with Crippen molar-refractivity contribution >= 4 is 18.0 Å². The van der Waals surface area contributed by atoms with Crippen LogP contribution in [0.3, 0.4) is 0 Å². The topological polar surface area (TPSA) is 95.9 Å². The van der Waals surface area contributed by atoms with Crippen molar-refractivity contribution in [1.82, 2.24) is 10.2 Å². The summed E-state index contributed by atoms with van der Waals surface area (Å²) in [5.41, 5.74) is 3.52. The van der Waals surface area contributed by atoms with Gasteiger partial charge in [0.15, 0.2) is 0 Å². The first-order valence-electron chi connectivity index (χ1n) is 12.5. The van der Waals surface area contributed by atoms with Crippen LogP contribution in [0.2, 0.25) is 0 Å². The molecule has 0 radical (unpaired) electrons. The van der Waals surface area contributed by atoms with Crippen LogP contribution in [0, 0.1) is 11.8 Å². The molecule has 7 heteroatoms. The highest BCUT2D eigenvalue weighted by atomic mass is 16.5. The number of nitrogens with one attached hydrogen (secondary N) is 1. The van der Waals surface area contributed by atoms with Crippen LogP contribution in [0.25, 0.3) is 11.1 Å². The first-order chi connectivity index (χ1) is 16.8. The summed E-state index contributed by atoms with van der Waals surface area (Å²) in [7, 11) is 0. The molecule has 2 aliphatic heterocycles. The number of carboxylic acid groups (broad SMARTS) is 1. The highest BCUT2D eigenvalue weighted by Crippen LogP contribution is 2.48. The van der Waals surface area contributed by atoms with Crippen molar-refractivity contribution < 1.29 is 24.2 Å². The zero-order valence-electron chi connectivity index (χ0n) is 20.2. The van der Waals surface area contributed by atoms with E-state index in [9.17, 15) is 19.5 Å². The molecule has 2 fully saturated rings. The van der Waals surface area contributed by atoms with Crippen LogP contribution in [0.1, 0.15) is 56.6 Å². The van der Waals surface area contributed by atoms with E-state index in [4.69, 9.17) is 4.74 Å². The van der Waals surface area contributed by atoms with E-state index in [1.165, 1.54) is 0 Å². The lowest BCUT2D eigenvalue weighted by Crippen LogP contribution is -2.54. The molecule has 2 N–H and O–H groups in total. The summed E-state index contributed by atoms with van der Waals surface area (Å²) in [6, 6.07) is 16.3. The van der Waals surface area contributed by atoms with Crippen LogP contribution in [0.15, 0.2) is 48.5 Å². The second-order valence-electron chi connectivity index (χ2n) is 10.3. The fraction of sp³-hybridized carbons (Fsp3) is 0.464. The summed E-state index contributed by atoms with van der Waals surface area (Å²) in [5.74, 6) is -1.69. The number of hydrogen-bond donors (Lipinski definition) is 2. The third kappa shape index (κ3) is 3.87. The molecule has 2 saturated heterocycles. The number of carboxylic acids is 1. The second kappa shape index (κ2) is 9.02. The Kier molecular flexibility index (Phi) is 6.03. The number of amides is 2. The maximum atomic E-state index is 13.5. The summed E-state index contributed by atoms with van der Waals surface area (Å²) in [6.45, 7) is 4.17. The minimum atomic E-state index is -1.08. The van der Waals surface area contributed by atoms with Gasteiger partial charge in [-0.05, 0) is 53.9 Å². The van der Waals surface area contributed by atoms with E-state index in [2.05, 4.69) is 29.6 Å². The lowest BCUT2D eigenvalue weighted by atomic mass is 9.87. The van der Waals surface area contributed by atoms with Gasteiger partial charge in [-0.3, -0.25) is 4.79 Å². The number of benzene rings is 2. The minimum Gasteiger partial charge on any atom is -0.479 e. The molecule has 1 aliphatic carbocycles. The number of ether oxygens (including phenoxy) is 1. The van der Waals surface area contributed by atoms with Gasteiger partial charge < -0.3 is 20.1 Å². The second-order valence-corrected chi connectivity index (χ2v) is 10.3. The number of aliphatic carboxylic acids is 1. The largest absolute Gasteiger partial charge is 0.479 e. The molecule has 5 rings (SSSR count). The van der Waals surface area contributed by atoms with Gasteiger partial charge in [-0.1, -0.05) is 62.4 Å². The number of carbonyl (C=O) groups excluding carboxylic acids is 2. The molecular weight excluding hydrogens is 444 g/mol. The molecule has 0 saturated carbocycles. The van der Waals surface area contributed by atoms with Gasteiger partial charge in [0, 0.05) is 18.5 Å². The van der Waals surface area contributed by atoms with E-state index >= 15 is 0 Å². The standard InChI is InChI=1S/C28H32N2O5/c1-17(2)23(25(31)30-18-11-13-28(30,14-12-18)26(32)33)15-29-27(34)35-16-24-21-9-5-3-7-19(21)20-8-4-6-10-22(20)24/h3-10,17-18,23-24H,11-16H2,1-2H3,(H,29,34)(H,32,33). The Morgan fingerprint density at radius 2 is 1.60 bits per heavy atom. The Morgan fingerprint density at radius 1 is 1.03 bits per heavy atom. The van der Waals surface area contributed by atoms with E-state index in [0.717, 1.165) is 35.1 Å². The molecular formula is C28H32N2O5. The maximum Gasteiger partial charge on any atom is 0.407 e. The average Bonchev–Trinajstić information content (AvgIpc) is 3.51. The first kappa shape index (κ1) is 23.4. The Hall–Kier alpha value is -3.35. The molecule has 0 spiro atoms. The van der Waals surface area contributed by atoms with Crippen molar-refractivity contribution in [3.63, 3.8) is 0 Å². The zero-order chi connectivity index (χ0) is 24.7. The first-order valence-corrected chi connectivity index (χ1v) is 12.5. The predicted molar refractivity (Wildman–Crippen MR) is 131 cm³/mol. The summed E-state index contributed by atoms with van der Waals surface area (Å²) in [4.78, 5) is 39.8. The Morgan fingerprint density at radius 3 is 2.14 bits per heavy atom. The molecule has 35 heavy (non-hydrogen) atoms. The number of alkyl carbamates (subject to hydrolysis) is 1. The molecule has 7 nitrogen and oxygen atoms in total. The maximum absolute atomic E-state index is 13.5. The van der Waals surface area contributed by atoms with Gasteiger partial charge in [0.2, 0.25) is 5.91 Å². The summed E-state index contributed by atoms with van der Waals surface area (Å²) in [5, 5.41) is 12.7. The van der Waals surface area contributed by atoms with Crippen molar-refractivity contribution in [1.29, 1.82) is 0 Å². The van der Waals surface area contributed by atoms with Crippen LogP contribution in [-0.2, 0) is 14.3 Å². The molecule has 2 bridgehead atoms.